The SMILES string of the molecule is CCCNC(C)c1cccn1CC(C)OC. The summed E-state index contributed by atoms with van der Waals surface area (Å²) in [6.45, 7) is 8.46. The van der Waals surface area contributed by atoms with Crippen LogP contribution in [-0.4, -0.2) is 24.3 Å². The van der Waals surface area contributed by atoms with E-state index in [0.29, 0.717) is 6.04 Å². The second-order valence-electron chi connectivity index (χ2n) is 4.31. The standard InChI is InChI=1S/C13H24N2O/c1-5-8-14-12(3)13-7-6-9-15(13)10-11(2)16-4/h6-7,9,11-12,14H,5,8,10H2,1-4H3. The van der Waals surface area contributed by atoms with Crippen molar-refractivity contribution in [3.8, 4) is 0 Å². The minimum absolute atomic E-state index is 0.254. The lowest BCUT2D eigenvalue weighted by molar-refractivity contribution is 0.102. The molecule has 0 aliphatic carbocycles. The van der Waals surface area contributed by atoms with Crippen LogP contribution in [-0.2, 0) is 11.3 Å². The molecule has 1 N–H and O–H groups in total. The quantitative estimate of drug-likeness (QED) is 0.770. The van der Waals surface area contributed by atoms with Crippen LogP contribution in [0, 0.1) is 0 Å². The lowest BCUT2D eigenvalue weighted by atomic mass is 10.2. The van der Waals surface area contributed by atoms with Gasteiger partial charge in [-0.25, -0.2) is 0 Å². The van der Waals surface area contributed by atoms with E-state index < -0.39 is 0 Å². The highest BCUT2D eigenvalue weighted by Crippen LogP contribution is 2.14. The Hall–Kier alpha value is -0.800. The fourth-order valence-corrected chi connectivity index (χ4v) is 1.80. The Balaban J connectivity index is 2.62. The molecule has 3 nitrogen and oxygen atoms in total. The first-order valence-corrected chi connectivity index (χ1v) is 6.10. The summed E-state index contributed by atoms with van der Waals surface area (Å²) in [4.78, 5) is 0. The average Bonchev–Trinajstić information content (AvgIpc) is 2.73. The Morgan fingerprint density at radius 1 is 1.44 bits per heavy atom. The number of hydrogen-bond acceptors (Lipinski definition) is 2. The van der Waals surface area contributed by atoms with Crippen LogP contribution in [0.3, 0.4) is 0 Å². The molecule has 0 saturated carbocycles. The van der Waals surface area contributed by atoms with Crippen LogP contribution in [0.1, 0.15) is 38.9 Å². The number of ether oxygens (including phenoxy) is 1. The third kappa shape index (κ3) is 3.65. The normalized spacial score (nSPS) is 15.0. The molecule has 2 unspecified atom stereocenters. The molecule has 1 rings (SSSR count). The molecule has 0 fully saturated rings. The van der Waals surface area contributed by atoms with Gasteiger partial charge in [0.05, 0.1) is 6.10 Å². The predicted molar refractivity (Wildman–Crippen MR) is 67.6 cm³/mol. The third-order valence-corrected chi connectivity index (χ3v) is 2.86. The van der Waals surface area contributed by atoms with Crippen molar-refractivity contribution in [1.82, 2.24) is 9.88 Å². The zero-order valence-electron chi connectivity index (χ0n) is 10.9. The van der Waals surface area contributed by atoms with Crippen molar-refractivity contribution in [1.29, 1.82) is 0 Å². The van der Waals surface area contributed by atoms with E-state index in [-0.39, 0.29) is 6.10 Å². The monoisotopic (exact) mass is 224 g/mol. The maximum absolute atomic E-state index is 5.30. The summed E-state index contributed by atoms with van der Waals surface area (Å²) < 4.78 is 7.56. The summed E-state index contributed by atoms with van der Waals surface area (Å²) in [5, 5.41) is 3.50. The van der Waals surface area contributed by atoms with Crippen molar-refractivity contribution in [2.24, 2.45) is 0 Å². The number of aromatic nitrogens is 1. The van der Waals surface area contributed by atoms with Gasteiger partial charge in [-0.05, 0) is 38.9 Å². The first-order valence-electron chi connectivity index (χ1n) is 6.10. The number of methoxy groups -OCH3 is 1. The molecule has 0 bridgehead atoms. The van der Waals surface area contributed by atoms with Crippen molar-refractivity contribution in [2.75, 3.05) is 13.7 Å². The maximum Gasteiger partial charge on any atom is 0.0722 e. The van der Waals surface area contributed by atoms with Crippen molar-refractivity contribution >= 4 is 0 Å². The Labute approximate surface area is 98.8 Å². The van der Waals surface area contributed by atoms with E-state index in [2.05, 4.69) is 49.0 Å². The van der Waals surface area contributed by atoms with Gasteiger partial charge in [0.1, 0.15) is 0 Å². The summed E-state index contributed by atoms with van der Waals surface area (Å²) in [5.74, 6) is 0. The largest absolute Gasteiger partial charge is 0.380 e. The molecule has 0 amide bonds. The van der Waals surface area contributed by atoms with E-state index in [9.17, 15) is 0 Å². The predicted octanol–water partition coefficient (Wildman–Crippen LogP) is 2.58. The van der Waals surface area contributed by atoms with Crippen molar-refractivity contribution in [2.45, 2.75) is 45.9 Å². The van der Waals surface area contributed by atoms with E-state index in [1.165, 1.54) is 12.1 Å². The minimum Gasteiger partial charge on any atom is -0.380 e. The highest BCUT2D eigenvalue weighted by Gasteiger charge is 2.10. The Morgan fingerprint density at radius 3 is 2.81 bits per heavy atom. The summed E-state index contributed by atoms with van der Waals surface area (Å²) in [6, 6.07) is 4.68. The third-order valence-electron chi connectivity index (χ3n) is 2.86. The van der Waals surface area contributed by atoms with E-state index >= 15 is 0 Å². The second-order valence-corrected chi connectivity index (χ2v) is 4.31. The molecule has 3 heteroatoms. The molecule has 1 heterocycles. The van der Waals surface area contributed by atoms with Crippen LogP contribution in [0.25, 0.3) is 0 Å². The van der Waals surface area contributed by atoms with E-state index in [1.807, 2.05) is 0 Å². The molecular weight excluding hydrogens is 200 g/mol. The van der Waals surface area contributed by atoms with Gasteiger partial charge in [-0.1, -0.05) is 6.92 Å². The maximum atomic E-state index is 5.30. The zero-order valence-corrected chi connectivity index (χ0v) is 10.9. The Morgan fingerprint density at radius 2 is 2.19 bits per heavy atom. The van der Waals surface area contributed by atoms with Crippen molar-refractivity contribution in [3.05, 3.63) is 24.0 Å². The number of nitrogens with zero attached hydrogens (tertiary/aromatic N) is 1. The molecule has 1 aromatic heterocycles. The zero-order chi connectivity index (χ0) is 12.0. The summed E-state index contributed by atoms with van der Waals surface area (Å²) in [6.07, 6.45) is 3.54. The van der Waals surface area contributed by atoms with Crippen LogP contribution >= 0.6 is 0 Å². The highest BCUT2D eigenvalue weighted by atomic mass is 16.5. The first-order chi connectivity index (χ1) is 7.69. The minimum atomic E-state index is 0.254. The van der Waals surface area contributed by atoms with Gasteiger partial charge >= 0.3 is 0 Å². The van der Waals surface area contributed by atoms with Gasteiger partial charge in [0.25, 0.3) is 0 Å². The molecule has 0 aliphatic heterocycles. The van der Waals surface area contributed by atoms with Crippen molar-refractivity contribution in [3.63, 3.8) is 0 Å². The van der Waals surface area contributed by atoms with Gasteiger partial charge in [0.2, 0.25) is 0 Å². The van der Waals surface area contributed by atoms with Crippen LogP contribution < -0.4 is 5.32 Å². The molecule has 0 spiro atoms. The fraction of sp³-hybridized carbons (Fsp3) is 0.692. The number of rotatable bonds is 7. The Kier molecular flexibility index (Phi) is 5.56. The van der Waals surface area contributed by atoms with Crippen LogP contribution in [0.15, 0.2) is 18.3 Å². The molecule has 0 aliphatic rings. The highest BCUT2D eigenvalue weighted by molar-refractivity contribution is 5.11. The van der Waals surface area contributed by atoms with Crippen molar-refractivity contribution < 1.29 is 4.74 Å². The second kappa shape index (κ2) is 6.71. The number of nitrogens with one attached hydrogen (secondary N) is 1. The molecule has 0 aromatic carbocycles. The smallest absolute Gasteiger partial charge is 0.0722 e. The molecule has 16 heavy (non-hydrogen) atoms. The summed E-state index contributed by atoms with van der Waals surface area (Å²) in [7, 11) is 1.76. The first kappa shape index (κ1) is 13.3. The van der Waals surface area contributed by atoms with E-state index in [0.717, 1.165) is 13.1 Å². The molecule has 0 saturated heterocycles. The van der Waals surface area contributed by atoms with Gasteiger partial charge in [0, 0.05) is 31.6 Å². The van der Waals surface area contributed by atoms with Crippen LogP contribution in [0.4, 0.5) is 0 Å². The topological polar surface area (TPSA) is 26.2 Å². The fourth-order valence-electron chi connectivity index (χ4n) is 1.80. The van der Waals surface area contributed by atoms with Gasteiger partial charge < -0.3 is 14.6 Å². The van der Waals surface area contributed by atoms with Gasteiger partial charge in [0.15, 0.2) is 0 Å². The summed E-state index contributed by atoms with van der Waals surface area (Å²) >= 11 is 0. The molecule has 92 valence electrons. The average molecular weight is 224 g/mol. The van der Waals surface area contributed by atoms with Gasteiger partial charge in [-0.3, -0.25) is 0 Å². The van der Waals surface area contributed by atoms with Gasteiger partial charge in [-0.2, -0.15) is 0 Å². The summed E-state index contributed by atoms with van der Waals surface area (Å²) in [5.41, 5.74) is 1.33. The lowest BCUT2D eigenvalue weighted by Crippen LogP contribution is -2.24. The molecule has 1 aromatic rings. The van der Waals surface area contributed by atoms with Crippen LogP contribution in [0.5, 0.6) is 0 Å². The van der Waals surface area contributed by atoms with E-state index in [4.69, 9.17) is 4.74 Å². The van der Waals surface area contributed by atoms with Crippen LogP contribution in [0.2, 0.25) is 0 Å². The van der Waals surface area contributed by atoms with E-state index in [1.54, 1.807) is 7.11 Å². The molecule has 0 radical (unpaired) electrons. The lowest BCUT2D eigenvalue weighted by Gasteiger charge is -2.19. The molecule has 2 atom stereocenters. The molecular formula is C13H24N2O. The van der Waals surface area contributed by atoms with Gasteiger partial charge in [-0.15, -0.1) is 0 Å². The Bertz CT molecular complexity index is 296. The number of hydrogen-bond donors (Lipinski definition) is 1.